The molecule has 0 aliphatic heterocycles. The van der Waals surface area contributed by atoms with E-state index in [0.29, 0.717) is 0 Å². The van der Waals surface area contributed by atoms with E-state index in [4.69, 9.17) is 0 Å². The first-order chi connectivity index (χ1) is 9.08. The van der Waals surface area contributed by atoms with Gasteiger partial charge in [0.25, 0.3) is 5.91 Å². The van der Waals surface area contributed by atoms with Crippen LogP contribution in [0.15, 0.2) is 29.8 Å². The molecule has 2 N–H and O–H groups in total. The summed E-state index contributed by atoms with van der Waals surface area (Å²) in [5.74, 6) is -1.17. The molecule has 100 valence electrons. The molecule has 2 aromatic heterocycles. The number of thiophene rings is 1. The summed E-state index contributed by atoms with van der Waals surface area (Å²) in [7, 11) is 0. The number of carbonyl (C=O) groups is 1. The molecule has 0 bridgehead atoms. The highest BCUT2D eigenvalue weighted by atomic mass is 32.1. The molecular weight excluding hydrogens is 278 g/mol. The van der Waals surface area contributed by atoms with Crippen LogP contribution in [0.5, 0.6) is 11.5 Å². The summed E-state index contributed by atoms with van der Waals surface area (Å²) in [6.45, 7) is -3.01. The second-order valence-electron chi connectivity index (χ2n) is 3.32. The van der Waals surface area contributed by atoms with Crippen LogP contribution in [0.1, 0.15) is 9.67 Å². The van der Waals surface area contributed by atoms with Crippen molar-refractivity contribution >= 4 is 23.1 Å². The van der Waals surface area contributed by atoms with Gasteiger partial charge >= 0.3 is 6.61 Å². The lowest BCUT2D eigenvalue weighted by Gasteiger charge is -2.07. The van der Waals surface area contributed by atoms with Crippen molar-refractivity contribution < 1.29 is 23.4 Å². The van der Waals surface area contributed by atoms with Crippen LogP contribution in [-0.2, 0) is 0 Å². The molecule has 2 rings (SSSR count). The minimum Gasteiger partial charge on any atom is -0.504 e. The van der Waals surface area contributed by atoms with E-state index in [2.05, 4.69) is 15.0 Å². The molecule has 0 radical (unpaired) electrons. The van der Waals surface area contributed by atoms with E-state index in [9.17, 15) is 18.7 Å². The highest BCUT2D eigenvalue weighted by Gasteiger charge is 2.18. The number of halogens is 2. The fourth-order valence-corrected chi connectivity index (χ4v) is 2.03. The van der Waals surface area contributed by atoms with Gasteiger partial charge in [0.1, 0.15) is 10.6 Å². The van der Waals surface area contributed by atoms with Crippen molar-refractivity contribution in [2.24, 2.45) is 0 Å². The molecule has 0 spiro atoms. The summed E-state index contributed by atoms with van der Waals surface area (Å²) in [6, 6.07) is 4.10. The Morgan fingerprint density at radius 1 is 1.47 bits per heavy atom. The third-order valence-electron chi connectivity index (χ3n) is 2.07. The molecule has 5 nitrogen and oxygen atoms in total. The van der Waals surface area contributed by atoms with Gasteiger partial charge in [-0.25, -0.2) is 4.98 Å². The summed E-state index contributed by atoms with van der Waals surface area (Å²) in [5.41, 5.74) is 0. The number of ether oxygens (including phenoxy) is 1. The standard InChI is InChI=1S/C11H8F2N2O3S/c12-11(13)18-7-3-5-19-8(7)10(17)15-9-6(16)2-1-4-14-9/h1-5,11,16H,(H,14,15,17). The predicted octanol–water partition coefficient (Wildman–Crippen LogP) is 2.70. The second-order valence-corrected chi connectivity index (χ2v) is 4.23. The SMILES string of the molecule is O=C(Nc1ncccc1O)c1sccc1OC(F)F. The fraction of sp³-hybridized carbons (Fsp3) is 0.0909. The van der Waals surface area contributed by atoms with Crippen molar-refractivity contribution in [1.29, 1.82) is 0 Å². The fourth-order valence-electron chi connectivity index (χ4n) is 1.31. The Bertz CT molecular complexity index is 589. The topological polar surface area (TPSA) is 71.5 Å². The smallest absolute Gasteiger partial charge is 0.387 e. The summed E-state index contributed by atoms with van der Waals surface area (Å²) < 4.78 is 28.5. The average molecular weight is 286 g/mol. The Kier molecular flexibility index (Phi) is 3.91. The number of rotatable bonds is 4. The molecule has 0 aliphatic carbocycles. The van der Waals surface area contributed by atoms with Crippen LogP contribution in [0.3, 0.4) is 0 Å². The van der Waals surface area contributed by atoms with E-state index in [1.807, 2.05) is 0 Å². The predicted molar refractivity (Wildman–Crippen MR) is 64.8 cm³/mol. The second kappa shape index (κ2) is 5.61. The van der Waals surface area contributed by atoms with E-state index >= 15 is 0 Å². The molecule has 1 amide bonds. The third-order valence-corrected chi connectivity index (χ3v) is 2.96. The number of aromatic hydroxyl groups is 1. The first-order valence-electron chi connectivity index (χ1n) is 5.05. The molecule has 2 heterocycles. The van der Waals surface area contributed by atoms with E-state index in [-0.39, 0.29) is 22.2 Å². The molecule has 0 unspecified atom stereocenters. The first kappa shape index (κ1) is 13.2. The summed E-state index contributed by atoms with van der Waals surface area (Å²) >= 11 is 0.945. The lowest BCUT2D eigenvalue weighted by Crippen LogP contribution is -2.13. The summed E-state index contributed by atoms with van der Waals surface area (Å²) in [6.07, 6.45) is 1.38. The van der Waals surface area contributed by atoms with Crippen LogP contribution < -0.4 is 10.1 Å². The van der Waals surface area contributed by atoms with Crippen molar-refractivity contribution in [3.63, 3.8) is 0 Å². The van der Waals surface area contributed by atoms with E-state index in [1.165, 1.54) is 29.8 Å². The van der Waals surface area contributed by atoms with E-state index in [1.54, 1.807) is 0 Å². The van der Waals surface area contributed by atoms with Crippen LogP contribution in [-0.4, -0.2) is 22.6 Å². The molecule has 0 saturated heterocycles. The first-order valence-corrected chi connectivity index (χ1v) is 5.93. The van der Waals surface area contributed by atoms with Gasteiger partial charge in [-0.15, -0.1) is 11.3 Å². The number of alkyl halides is 2. The number of pyridine rings is 1. The Morgan fingerprint density at radius 3 is 2.95 bits per heavy atom. The van der Waals surface area contributed by atoms with Gasteiger partial charge in [-0.05, 0) is 23.6 Å². The Labute approximate surface area is 110 Å². The zero-order valence-electron chi connectivity index (χ0n) is 9.34. The molecule has 19 heavy (non-hydrogen) atoms. The number of aromatic nitrogens is 1. The highest BCUT2D eigenvalue weighted by Crippen LogP contribution is 2.28. The van der Waals surface area contributed by atoms with Crippen LogP contribution in [0.25, 0.3) is 0 Å². The quantitative estimate of drug-likeness (QED) is 0.906. The number of anilines is 1. The number of amides is 1. The van der Waals surface area contributed by atoms with Crippen LogP contribution in [0.2, 0.25) is 0 Å². The molecule has 0 aliphatic rings. The Morgan fingerprint density at radius 2 is 2.26 bits per heavy atom. The molecule has 0 aromatic carbocycles. The lowest BCUT2D eigenvalue weighted by molar-refractivity contribution is -0.0498. The maximum absolute atomic E-state index is 12.1. The van der Waals surface area contributed by atoms with Gasteiger partial charge in [-0.1, -0.05) is 0 Å². The Balaban J connectivity index is 2.17. The van der Waals surface area contributed by atoms with Gasteiger partial charge in [0.05, 0.1) is 0 Å². The number of nitrogens with one attached hydrogen (secondary N) is 1. The molecule has 8 heteroatoms. The maximum Gasteiger partial charge on any atom is 0.387 e. The maximum atomic E-state index is 12.1. The molecule has 0 atom stereocenters. The number of hydrogen-bond donors (Lipinski definition) is 2. The van der Waals surface area contributed by atoms with Gasteiger partial charge in [-0.2, -0.15) is 8.78 Å². The van der Waals surface area contributed by atoms with Gasteiger partial charge in [0.15, 0.2) is 11.6 Å². The van der Waals surface area contributed by atoms with Crippen molar-refractivity contribution in [3.05, 3.63) is 34.7 Å². The number of hydrogen-bond acceptors (Lipinski definition) is 5. The molecular formula is C11H8F2N2O3S. The molecule has 0 fully saturated rings. The monoisotopic (exact) mass is 286 g/mol. The van der Waals surface area contributed by atoms with Gasteiger partial charge in [-0.3, -0.25) is 4.79 Å². The minimum atomic E-state index is -3.01. The van der Waals surface area contributed by atoms with Gasteiger partial charge in [0.2, 0.25) is 0 Å². The number of carbonyl (C=O) groups excluding carboxylic acids is 1. The van der Waals surface area contributed by atoms with Crippen molar-refractivity contribution in [1.82, 2.24) is 4.98 Å². The van der Waals surface area contributed by atoms with E-state index < -0.39 is 12.5 Å². The minimum absolute atomic E-state index is 0.0228. The average Bonchev–Trinajstić information content (AvgIpc) is 2.79. The number of nitrogens with zero attached hydrogens (tertiary/aromatic N) is 1. The van der Waals surface area contributed by atoms with Gasteiger partial charge < -0.3 is 15.2 Å². The van der Waals surface area contributed by atoms with Crippen molar-refractivity contribution in [2.45, 2.75) is 6.61 Å². The van der Waals surface area contributed by atoms with Gasteiger partial charge in [0, 0.05) is 6.20 Å². The zero-order chi connectivity index (χ0) is 13.8. The summed E-state index contributed by atoms with van der Waals surface area (Å²) in [4.78, 5) is 15.6. The van der Waals surface area contributed by atoms with Crippen LogP contribution >= 0.6 is 11.3 Å². The highest BCUT2D eigenvalue weighted by molar-refractivity contribution is 7.12. The largest absolute Gasteiger partial charge is 0.504 e. The Hall–Kier alpha value is -2.22. The van der Waals surface area contributed by atoms with Crippen molar-refractivity contribution in [2.75, 3.05) is 5.32 Å². The molecule has 2 aromatic rings. The third kappa shape index (κ3) is 3.16. The van der Waals surface area contributed by atoms with E-state index in [0.717, 1.165) is 11.3 Å². The normalized spacial score (nSPS) is 10.5. The van der Waals surface area contributed by atoms with Crippen LogP contribution in [0, 0.1) is 0 Å². The van der Waals surface area contributed by atoms with Crippen LogP contribution in [0.4, 0.5) is 14.6 Å². The summed E-state index contributed by atoms with van der Waals surface area (Å²) in [5, 5.41) is 13.2. The van der Waals surface area contributed by atoms with Crippen molar-refractivity contribution in [3.8, 4) is 11.5 Å². The lowest BCUT2D eigenvalue weighted by atomic mass is 10.3. The molecule has 0 saturated carbocycles. The zero-order valence-corrected chi connectivity index (χ0v) is 10.2.